The first kappa shape index (κ1) is 32.4. The van der Waals surface area contributed by atoms with E-state index in [4.69, 9.17) is 37.9 Å². The maximum Gasteiger partial charge on any atom is 0.310 e. The normalized spacial score (nSPS) is 11.3. The average Bonchev–Trinajstić information content (AvgIpc) is 2.86. The van der Waals surface area contributed by atoms with Crippen molar-refractivity contribution in [1.29, 1.82) is 0 Å². The third-order valence-electron chi connectivity index (χ3n) is 4.80. The van der Waals surface area contributed by atoms with Crippen molar-refractivity contribution in [3.8, 4) is 0 Å². The van der Waals surface area contributed by atoms with Crippen LogP contribution in [0.2, 0.25) is 0 Å². The monoisotopic (exact) mass is 514 g/mol. The molecule has 0 saturated carbocycles. The van der Waals surface area contributed by atoms with Crippen LogP contribution in [0.5, 0.6) is 0 Å². The summed E-state index contributed by atoms with van der Waals surface area (Å²) in [6.07, 6.45) is 1.31. The Hall–Kier alpha value is -1.59. The van der Waals surface area contributed by atoms with Gasteiger partial charge in [-0.15, -0.1) is 0 Å². The maximum atomic E-state index is 11.9. The van der Waals surface area contributed by atoms with Crippen molar-refractivity contribution in [3.05, 3.63) is 35.4 Å². The van der Waals surface area contributed by atoms with Crippen LogP contribution in [0.15, 0.2) is 24.3 Å². The molecule has 1 rings (SSSR count). The summed E-state index contributed by atoms with van der Waals surface area (Å²) in [5.41, 5.74) is 2.24. The van der Waals surface area contributed by atoms with Crippen molar-refractivity contribution in [2.45, 2.75) is 26.7 Å². The third kappa shape index (κ3) is 20.6. The number of ether oxygens (including phenoxy) is 8. The molecule has 9 nitrogen and oxygen atoms in total. The zero-order valence-electron chi connectivity index (χ0n) is 22.4. The molecule has 0 bridgehead atoms. The van der Waals surface area contributed by atoms with Gasteiger partial charge in [0.15, 0.2) is 0 Å². The second kappa shape index (κ2) is 23.8. The molecule has 0 saturated heterocycles. The highest BCUT2D eigenvalue weighted by molar-refractivity contribution is 5.72. The van der Waals surface area contributed by atoms with E-state index in [0.717, 1.165) is 12.0 Å². The highest BCUT2D eigenvalue weighted by atomic mass is 16.6. The van der Waals surface area contributed by atoms with E-state index < -0.39 is 0 Å². The van der Waals surface area contributed by atoms with Crippen LogP contribution in [0.4, 0.5) is 0 Å². The molecule has 0 aliphatic carbocycles. The lowest BCUT2D eigenvalue weighted by Crippen LogP contribution is -2.16. The minimum absolute atomic E-state index is 0.237. The van der Waals surface area contributed by atoms with E-state index in [0.29, 0.717) is 91.8 Å². The minimum atomic E-state index is -0.247. The second-order valence-electron chi connectivity index (χ2n) is 8.48. The highest BCUT2D eigenvalue weighted by Crippen LogP contribution is 2.10. The van der Waals surface area contributed by atoms with Gasteiger partial charge in [0, 0.05) is 7.11 Å². The number of carbonyl (C=O) groups excluding carboxylic acids is 1. The van der Waals surface area contributed by atoms with E-state index in [1.807, 2.05) is 12.1 Å². The Bertz CT molecular complexity index is 622. The van der Waals surface area contributed by atoms with E-state index in [-0.39, 0.29) is 19.0 Å². The SMILES string of the molecule is COCCOCCOCCOCCOCCOCCOCCOC(=O)Cc1ccc(CC(C)C)cc1. The van der Waals surface area contributed by atoms with Crippen LogP contribution in [-0.2, 0) is 55.5 Å². The van der Waals surface area contributed by atoms with E-state index in [1.165, 1.54) is 5.56 Å². The van der Waals surface area contributed by atoms with Crippen molar-refractivity contribution in [2.24, 2.45) is 5.92 Å². The Morgan fingerprint density at radius 2 is 0.944 bits per heavy atom. The number of methoxy groups -OCH3 is 1. The van der Waals surface area contributed by atoms with Crippen molar-refractivity contribution < 1.29 is 42.7 Å². The summed E-state index contributed by atoms with van der Waals surface area (Å²) in [5, 5.41) is 0. The zero-order valence-corrected chi connectivity index (χ0v) is 22.4. The molecule has 9 heteroatoms. The van der Waals surface area contributed by atoms with E-state index in [2.05, 4.69) is 26.0 Å². The summed E-state index contributed by atoms with van der Waals surface area (Å²) in [5.74, 6) is 0.369. The van der Waals surface area contributed by atoms with Crippen molar-refractivity contribution >= 4 is 5.97 Å². The molecule has 0 heterocycles. The van der Waals surface area contributed by atoms with Crippen molar-refractivity contribution in [1.82, 2.24) is 0 Å². The number of hydrogen-bond acceptors (Lipinski definition) is 9. The molecule has 0 fully saturated rings. The second-order valence-corrected chi connectivity index (χ2v) is 8.48. The molecule has 0 atom stereocenters. The van der Waals surface area contributed by atoms with Gasteiger partial charge in [0.2, 0.25) is 0 Å². The average molecular weight is 515 g/mol. The number of hydrogen-bond donors (Lipinski definition) is 0. The van der Waals surface area contributed by atoms with Gasteiger partial charge in [0.25, 0.3) is 0 Å². The fraction of sp³-hybridized carbons (Fsp3) is 0.741. The lowest BCUT2D eigenvalue weighted by atomic mass is 10.0. The zero-order chi connectivity index (χ0) is 26.1. The highest BCUT2D eigenvalue weighted by Gasteiger charge is 2.05. The maximum absolute atomic E-state index is 11.9. The lowest BCUT2D eigenvalue weighted by Gasteiger charge is -2.09. The van der Waals surface area contributed by atoms with Crippen LogP contribution in [0.25, 0.3) is 0 Å². The van der Waals surface area contributed by atoms with Gasteiger partial charge in [0.1, 0.15) is 6.61 Å². The molecule has 0 aliphatic rings. The van der Waals surface area contributed by atoms with Crippen LogP contribution < -0.4 is 0 Å². The molecule has 0 unspecified atom stereocenters. The molecule has 0 radical (unpaired) electrons. The third-order valence-corrected chi connectivity index (χ3v) is 4.80. The summed E-state index contributed by atoms with van der Waals surface area (Å²) in [4.78, 5) is 11.9. The molecular formula is C27H46O9. The van der Waals surface area contributed by atoms with Gasteiger partial charge >= 0.3 is 5.97 Å². The Morgan fingerprint density at radius 3 is 1.33 bits per heavy atom. The minimum Gasteiger partial charge on any atom is -0.463 e. The lowest BCUT2D eigenvalue weighted by molar-refractivity contribution is -0.144. The molecule has 1 aromatic carbocycles. The first-order valence-electron chi connectivity index (χ1n) is 12.8. The summed E-state index contributed by atoms with van der Waals surface area (Å²) in [6, 6.07) is 8.13. The van der Waals surface area contributed by atoms with E-state index >= 15 is 0 Å². The predicted molar refractivity (Wildman–Crippen MR) is 136 cm³/mol. The van der Waals surface area contributed by atoms with Crippen molar-refractivity contribution in [2.75, 3.05) is 99.6 Å². The fourth-order valence-electron chi connectivity index (χ4n) is 3.04. The number of rotatable bonds is 25. The Kier molecular flexibility index (Phi) is 21.4. The number of esters is 1. The van der Waals surface area contributed by atoms with Crippen molar-refractivity contribution in [3.63, 3.8) is 0 Å². The largest absolute Gasteiger partial charge is 0.463 e. The fourth-order valence-corrected chi connectivity index (χ4v) is 3.04. The molecule has 0 amide bonds. The van der Waals surface area contributed by atoms with Crippen LogP contribution in [-0.4, -0.2) is 106 Å². The quantitative estimate of drug-likeness (QED) is 0.144. The number of benzene rings is 1. The molecule has 0 aliphatic heterocycles. The van der Waals surface area contributed by atoms with Gasteiger partial charge in [0.05, 0.1) is 92.3 Å². The first-order chi connectivity index (χ1) is 17.6. The van der Waals surface area contributed by atoms with Gasteiger partial charge in [-0.3, -0.25) is 4.79 Å². The molecule has 0 aromatic heterocycles. The molecule has 36 heavy (non-hydrogen) atoms. The summed E-state index contributed by atoms with van der Waals surface area (Å²) >= 11 is 0. The smallest absolute Gasteiger partial charge is 0.310 e. The standard InChI is InChI=1S/C27H46O9/c1-24(2)22-25-4-6-26(7-5-25)23-27(28)36-21-20-35-19-18-34-17-16-33-15-14-32-13-12-31-11-10-30-9-8-29-3/h4-7,24H,8-23H2,1-3H3. The molecular weight excluding hydrogens is 468 g/mol. The van der Waals surface area contributed by atoms with Gasteiger partial charge in [-0.05, 0) is 23.5 Å². The number of carbonyl (C=O) groups is 1. The Labute approximate surface area is 216 Å². The van der Waals surface area contributed by atoms with Crippen LogP contribution in [0.3, 0.4) is 0 Å². The predicted octanol–water partition coefficient (Wildman–Crippen LogP) is 2.72. The summed E-state index contributed by atoms with van der Waals surface area (Å²) in [6.45, 7) is 11.2. The van der Waals surface area contributed by atoms with Gasteiger partial charge < -0.3 is 37.9 Å². The Morgan fingerprint density at radius 1 is 0.583 bits per heavy atom. The van der Waals surface area contributed by atoms with Crippen LogP contribution >= 0.6 is 0 Å². The molecule has 0 spiro atoms. The van der Waals surface area contributed by atoms with E-state index in [1.54, 1.807) is 7.11 Å². The molecule has 1 aromatic rings. The van der Waals surface area contributed by atoms with Gasteiger partial charge in [-0.2, -0.15) is 0 Å². The van der Waals surface area contributed by atoms with Crippen LogP contribution in [0, 0.1) is 5.92 Å². The Balaban J connectivity index is 1.79. The molecule has 208 valence electrons. The van der Waals surface area contributed by atoms with Crippen LogP contribution in [0.1, 0.15) is 25.0 Å². The molecule has 0 N–H and O–H groups in total. The summed E-state index contributed by atoms with van der Waals surface area (Å²) < 4.78 is 42.5. The first-order valence-corrected chi connectivity index (χ1v) is 12.8. The summed E-state index contributed by atoms with van der Waals surface area (Å²) in [7, 11) is 1.64. The van der Waals surface area contributed by atoms with Gasteiger partial charge in [-0.25, -0.2) is 0 Å². The topological polar surface area (TPSA) is 90.9 Å². The van der Waals surface area contributed by atoms with E-state index in [9.17, 15) is 4.79 Å². The van der Waals surface area contributed by atoms with Gasteiger partial charge in [-0.1, -0.05) is 38.1 Å².